The molecular weight excluding hydrogens is 217 g/mol. The smallest absolute Gasteiger partial charge is 0.167 e. The molecule has 0 N–H and O–H groups in total. The number of hydrogen-bond donors (Lipinski definition) is 0. The van der Waals surface area contributed by atoms with Crippen molar-refractivity contribution in [2.24, 2.45) is 0 Å². The van der Waals surface area contributed by atoms with E-state index in [2.05, 4.69) is 10.2 Å². The molecule has 0 saturated heterocycles. The van der Waals surface area contributed by atoms with Crippen molar-refractivity contribution in [3.8, 4) is 11.4 Å². The van der Waals surface area contributed by atoms with Gasteiger partial charge in [-0.3, -0.25) is 0 Å². The molecule has 0 aliphatic carbocycles. The first kappa shape index (κ1) is 11.8. The largest absolute Gasteiger partial charge is 0.308 e. The van der Waals surface area contributed by atoms with Crippen molar-refractivity contribution in [3.63, 3.8) is 0 Å². The van der Waals surface area contributed by atoms with E-state index < -0.39 is 0 Å². The zero-order chi connectivity index (χ0) is 12.6. The summed E-state index contributed by atoms with van der Waals surface area (Å²) in [5.41, 5.74) is 0.943. The predicted molar refractivity (Wildman–Crippen MR) is 65.1 cm³/mol. The van der Waals surface area contributed by atoms with Gasteiger partial charge in [-0.1, -0.05) is 12.1 Å². The van der Waals surface area contributed by atoms with Gasteiger partial charge in [0, 0.05) is 5.54 Å². The Morgan fingerprint density at radius 1 is 1.24 bits per heavy atom. The topological polar surface area (TPSA) is 30.7 Å². The van der Waals surface area contributed by atoms with Crippen LogP contribution in [-0.2, 0) is 5.54 Å². The van der Waals surface area contributed by atoms with Crippen molar-refractivity contribution in [3.05, 3.63) is 35.9 Å². The minimum Gasteiger partial charge on any atom is -0.308 e. The Hall–Kier alpha value is -1.71. The summed E-state index contributed by atoms with van der Waals surface area (Å²) in [7, 11) is 0. The number of nitrogens with zero attached hydrogens (tertiary/aromatic N) is 3. The van der Waals surface area contributed by atoms with Crippen LogP contribution in [0.3, 0.4) is 0 Å². The highest BCUT2D eigenvalue weighted by atomic mass is 19.1. The molecule has 0 aliphatic rings. The van der Waals surface area contributed by atoms with Crippen molar-refractivity contribution in [1.29, 1.82) is 0 Å². The van der Waals surface area contributed by atoms with Gasteiger partial charge in [-0.05, 0) is 39.3 Å². The Labute approximate surface area is 100 Å². The summed E-state index contributed by atoms with van der Waals surface area (Å²) in [6.45, 7) is 7.85. The van der Waals surface area contributed by atoms with Crippen LogP contribution in [0.4, 0.5) is 4.39 Å². The van der Waals surface area contributed by atoms with Crippen molar-refractivity contribution >= 4 is 0 Å². The maximum atomic E-state index is 14.1. The molecule has 0 atom stereocenters. The van der Waals surface area contributed by atoms with E-state index in [1.807, 2.05) is 31.4 Å². The van der Waals surface area contributed by atoms with Crippen molar-refractivity contribution in [1.82, 2.24) is 14.8 Å². The molecule has 1 heterocycles. The molecule has 0 radical (unpaired) electrons. The summed E-state index contributed by atoms with van der Waals surface area (Å²) in [6.07, 6.45) is 1.64. The molecule has 17 heavy (non-hydrogen) atoms. The highest BCUT2D eigenvalue weighted by Gasteiger charge is 2.21. The van der Waals surface area contributed by atoms with Crippen molar-refractivity contribution in [2.75, 3.05) is 0 Å². The fourth-order valence-corrected chi connectivity index (χ4v) is 1.73. The summed E-state index contributed by atoms with van der Waals surface area (Å²) in [5, 5.41) is 7.91. The maximum Gasteiger partial charge on any atom is 0.167 e. The quantitative estimate of drug-likeness (QED) is 0.757. The third kappa shape index (κ3) is 2.07. The van der Waals surface area contributed by atoms with Gasteiger partial charge in [0.15, 0.2) is 5.82 Å². The molecule has 90 valence electrons. The standard InChI is InChI=1S/C13H16FN3/c1-9-6-5-7-10(11(9)14)12-16-15-8-17(12)13(2,3)4/h5-8H,1-4H3. The SMILES string of the molecule is Cc1cccc(-c2nncn2C(C)(C)C)c1F. The first-order chi connectivity index (χ1) is 7.91. The van der Waals surface area contributed by atoms with Gasteiger partial charge >= 0.3 is 0 Å². The number of aromatic nitrogens is 3. The molecule has 0 saturated carbocycles. The minimum atomic E-state index is -0.231. The van der Waals surface area contributed by atoms with Crippen LogP contribution in [0, 0.1) is 12.7 Å². The molecule has 0 unspecified atom stereocenters. The number of aryl methyl sites for hydroxylation is 1. The number of halogens is 1. The molecule has 0 aliphatic heterocycles. The average Bonchev–Trinajstić information content (AvgIpc) is 2.70. The first-order valence-corrected chi connectivity index (χ1v) is 5.57. The van der Waals surface area contributed by atoms with Crippen LogP contribution >= 0.6 is 0 Å². The molecule has 0 fully saturated rings. The zero-order valence-electron chi connectivity index (χ0n) is 10.5. The summed E-state index contributed by atoms with van der Waals surface area (Å²) in [5.74, 6) is 0.338. The maximum absolute atomic E-state index is 14.1. The van der Waals surface area contributed by atoms with Gasteiger partial charge in [0.1, 0.15) is 12.1 Å². The lowest BCUT2D eigenvalue weighted by Crippen LogP contribution is -2.22. The van der Waals surface area contributed by atoms with Gasteiger partial charge in [-0.15, -0.1) is 10.2 Å². The van der Waals surface area contributed by atoms with E-state index >= 15 is 0 Å². The number of hydrogen-bond acceptors (Lipinski definition) is 2. The monoisotopic (exact) mass is 233 g/mol. The van der Waals surface area contributed by atoms with Gasteiger partial charge in [0.2, 0.25) is 0 Å². The van der Waals surface area contributed by atoms with E-state index in [0.29, 0.717) is 17.0 Å². The Morgan fingerprint density at radius 3 is 2.59 bits per heavy atom. The predicted octanol–water partition coefficient (Wildman–Crippen LogP) is 3.15. The van der Waals surface area contributed by atoms with Gasteiger partial charge in [0.25, 0.3) is 0 Å². The fraction of sp³-hybridized carbons (Fsp3) is 0.385. The van der Waals surface area contributed by atoms with Crippen LogP contribution in [-0.4, -0.2) is 14.8 Å². The second-order valence-electron chi connectivity index (χ2n) is 5.13. The lowest BCUT2D eigenvalue weighted by atomic mass is 10.1. The van der Waals surface area contributed by atoms with Crippen LogP contribution in [0.5, 0.6) is 0 Å². The number of benzene rings is 1. The van der Waals surface area contributed by atoms with Gasteiger partial charge in [-0.2, -0.15) is 0 Å². The van der Waals surface area contributed by atoms with E-state index in [1.54, 1.807) is 25.4 Å². The summed E-state index contributed by atoms with van der Waals surface area (Å²) < 4.78 is 15.9. The minimum absolute atomic E-state index is 0.172. The third-order valence-electron chi connectivity index (χ3n) is 2.70. The molecular formula is C13H16FN3. The molecule has 2 rings (SSSR count). The van der Waals surface area contributed by atoms with Crippen molar-refractivity contribution in [2.45, 2.75) is 33.2 Å². The van der Waals surface area contributed by atoms with Gasteiger partial charge < -0.3 is 4.57 Å². The Balaban J connectivity index is 2.62. The molecule has 1 aromatic heterocycles. The first-order valence-electron chi connectivity index (χ1n) is 5.57. The second kappa shape index (κ2) is 3.95. The van der Waals surface area contributed by atoms with E-state index in [-0.39, 0.29) is 11.4 Å². The number of rotatable bonds is 1. The van der Waals surface area contributed by atoms with E-state index in [0.717, 1.165) is 0 Å². The normalized spacial score (nSPS) is 11.8. The van der Waals surface area contributed by atoms with E-state index in [9.17, 15) is 4.39 Å². The van der Waals surface area contributed by atoms with Crippen LogP contribution in [0.25, 0.3) is 11.4 Å². The fourth-order valence-electron chi connectivity index (χ4n) is 1.73. The Kier molecular flexibility index (Phi) is 2.73. The lowest BCUT2D eigenvalue weighted by molar-refractivity contribution is 0.399. The molecule has 1 aromatic carbocycles. The zero-order valence-corrected chi connectivity index (χ0v) is 10.5. The Bertz CT molecular complexity index is 538. The molecule has 4 heteroatoms. The van der Waals surface area contributed by atoms with Crippen molar-refractivity contribution < 1.29 is 4.39 Å². The van der Waals surface area contributed by atoms with Crippen LogP contribution in [0.1, 0.15) is 26.3 Å². The molecule has 2 aromatic rings. The molecule has 0 bridgehead atoms. The Morgan fingerprint density at radius 2 is 1.94 bits per heavy atom. The third-order valence-corrected chi connectivity index (χ3v) is 2.70. The van der Waals surface area contributed by atoms with Gasteiger partial charge in [0.05, 0.1) is 5.56 Å². The summed E-state index contributed by atoms with van der Waals surface area (Å²) >= 11 is 0. The van der Waals surface area contributed by atoms with Gasteiger partial charge in [-0.25, -0.2) is 4.39 Å². The van der Waals surface area contributed by atoms with Crippen LogP contribution in [0.15, 0.2) is 24.5 Å². The summed E-state index contributed by atoms with van der Waals surface area (Å²) in [4.78, 5) is 0. The second-order valence-corrected chi connectivity index (χ2v) is 5.13. The highest BCUT2D eigenvalue weighted by Crippen LogP contribution is 2.26. The van der Waals surface area contributed by atoms with Crippen LogP contribution in [0.2, 0.25) is 0 Å². The molecule has 0 spiro atoms. The average molecular weight is 233 g/mol. The summed E-state index contributed by atoms with van der Waals surface area (Å²) in [6, 6.07) is 5.31. The van der Waals surface area contributed by atoms with E-state index in [4.69, 9.17) is 0 Å². The highest BCUT2D eigenvalue weighted by molar-refractivity contribution is 5.57. The van der Waals surface area contributed by atoms with Crippen LogP contribution < -0.4 is 0 Å². The van der Waals surface area contributed by atoms with E-state index in [1.165, 1.54) is 0 Å². The molecule has 0 amide bonds. The molecule has 3 nitrogen and oxygen atoms in total. The lowest BCUT2D eigenvalue weighted by Gasteiger charge is -2.22.